The van der Waals surface area contributed by atoms with Crippen molar-refractivity contribution in [3.05, 3.63) is 29.6 Å². The molecule has 0 saturated heterocycles. The van der Waals surface area contributed by atoms with E-state index in [0.717, 1.165) is 11.1 Å². The van der Waals surface area contributed by atoms with Crippen molar-refractivity contribution in [3.8, 4) is 11.5 Å². The number of nitrogens with zero attached hydrogens (tertiary/aromatic N) is 2. The summed E-state index contributed by atoms with van der Waals surface area (Å²) in [5.41, 5.74) is 7.86. The van der Waals surface area contributed by atoms with Crippen molar-refractivity contribution in [3.63, 3.8) is 0 Å². The third-order valence-electron chi connectivity index (χ3n) is 3.02. The topological polar surface area (TPSA) is 74.2 Å². The summed E-state index contributed by atoms with van der Waals surface area (Å²) < 4.78 is 10.9. The van der Waals surface area contributed by atoms with Crippen LogP contribution in [0.25, 0.3) is 11.5 Å². The van der Waals surface area contributed by atoms with Crippen LogP contribution in [0.3, 0.4) is 0 Å². The molecule has 1 heterocycles. The van der Waals surface area contributed by atoms with E-state index in [9.17, 15) is 0 Å². The molecule has 0 atom stereocenters. The van der Waals surface area contributed by atoms with Crippen LogP contribution in [-0.2, 0) is 10.3 Å². The molecule has 0 aliphatic heterocycles. The zero-order valence-corrected chi connectivity index (χ0v) is 11.7. The highest BCUT2D eigenvalue weighted by atomic mass is 16.5. The number of hydrogen-bond acceptors (Lipinski definition) is 5. The molecular weight excluding hydrogens is 242 g/mol. The number of benzene rings is 1. The Balaban J connectivity index is 2.39. The highest BCUT2D eigenvalue weighted by Gasteiger charge is 2.27. The van der Waals surface area contributed by atoms with Crippen molar-refractivity contribution in [1.82, 2.24) is 10.1 Å². The monoisotopic (exact) mass is 261 g/mol. The molecular formula is C14H19N3O2. The summed E-state index contributed by atoms with van der Waals surface area (Å²) >= 11 is 0. The van der Waals surface area contributed by atoms with Gasteiger partial charge in [-0.15, -0.1) is 0 Å². The molecule has 2 N–H and O–H groups in total. The Morgan fingerprint density at radius 2 is 2.11 bits per heavy atom. The average molecular weight is 261 g/mol. The molecule has 0 aliphatic carbocycles. The first-order valence-corrected chi connectivity index (χ1v) is 6.29. The summed E-state index contributed by atoms with van der Waals surface area (Å²) in [6.07, 6.45) is 0. The van der Waals surface area contributed by atoms with Crippen molar-refractivity contribution in [2.24, 2.45) is 0 Å². The van der Waals surface area contributed by atoms with Gasteiger partial charge in [-0.05, 0) is 39.3 Å². The maximum atomic E-state index is 6.03. The van der Waals surface area contributed by atoms with Gasteiger partial charge < -0.3 is 15.0 Å². The van der Waals surface area contributed by atoms with Crippen molar-refractivity contribution in [2.75, 3.05) is 12.3 Å². The number of para-hydroxylation sites is 1. The van der Waals surface area contributed by atoms with E-state index in [1.165, 1.54) is 0 Å². The molecule has 19 heavy (non-hydrogen) atoms. The molecule has 5 heteroatoms. The Labute approximate surface area is 112 Å². The first-order valence-electron chi connectivity index (χ1n) is 6.29. The van der Waals surface area contributed by atoms with Gasteiger partial charge in [-0.2, -0.15) is 4.98 Å². The highest BCUT2D eigenvalue weighted by molar-refractivity contribution is 5.73. The summed E-state index contributed by atoms with van der Waals surface area (Å²) in [5.74, 6) is 0.939. The van der Waals surface area contributed by atoms with Crippen LogP contribution < -0.4 is 5.73 Å². The van der Waals surface area contributed by atoms with Gasteiger partial charge in [0.1, 0.15) is 5.60 Å². The Bertz CT molecular complexity index is 576. The number of aryl methyl sites for hydroxylation is 1. The minimum atomic E-state index is -0.574. The van der Waals surface area contributed by atoms with Gasteiger partial charge in [0.25, 0.3) is 5.89 Å². The van der Waals surface area contributed by atoms with Gasteiger partial charge in [-0.25, -0.2) is 0 Å². The second kappa shape index (κ2) is 5.01. The lowest BCUT2D eigenvalue weighted by atomic mass is 10.1. The van der Waals surface area contributed by atoms with E-state index in [1.54, 1.807) is 0 Å². The smallest absolute Gasteiger partial charge is 0.260 e. The van der Waals surface area contributed by atoms with Crippen LogP contribution >= 0.6 is 0 Å². The quantitative estimate of drug-likeness (QED) is 0.856. The predicted octanol–water partition coefficient (Wildman–Crippen LogP) is 2.90. The van der Waals surface area contributed by atoms with Gasteiger partial charge in [0.05, 0.1) is 5.56 Å². The average Bonchev–Trinajstić information content (AvgIpc) is 2.82. The molecule has 102 valence electrons. The lowest BCUT2D eigenvalue weighted by Gasteiger charge is -2.19. The van der Waals surface area contributed by atoms with E-state index in [4.69, 9.17) is 15.0 Å². The van der Waals surface area contributed by atoms with Gasteiger partial charge in [0, 0.05) is 12.3 Å². The van der Waals surface area contributed by atoms with Crippen molar-refractivity contribution in [2.45, 2.75) is 33.3 Å². The van der Waals surface area contributed by atoms with Gasteiger partial charge in [-0.3, -0.25) is 0 Å². The fourth-order valence-electron chi connectivity index (χ4n) is 1.87. The molecule has 2 rings (SSSR count). The predicted molar refractivity (Wildman–Crippen MR) is 73.5 cm³/mol. The van der Waals surface area contributed by atoms with E-state index in [1.807, 2.05) is 45.9 Å². The zero-order valence-electron chi connectivity index (χ0n) is 11.7. The number of aromatic nitrogens is 2. The van der Waals surface area contributed by atoms with Crippen LogP contribution in [0, 0.1) is 6.92 Å². The van der Waals surface area contributed by atoms with Crippen molar-refractivity contribution >= 4 is 5.69 Å². The lowest BCUT2D eigenvalue weighted by molar-refractivity contribution is -0.0221. The van der Waals surface area contributed by atoms with Crippen LogP contribution in [0.15, 0.2) is 22.7 Å². The molecule has 0 saturated carbocycles. The van der Waals surface area contributed by atoms with Crippen LogP contribution in [-0.4, -0.2) is 16.7 Å². The fourth-order valence-corrected chi connectivity index (χ4v) is 1.87. The van der Waals surface area contributed by atoms with E-state index in [-0.39, 0.29) is 0 Å². The number of nitrogens with two attached hydrogens (primary N) is 1. The molecule has 0 amide bonds. The Morgan fingerprint density at radius 3 is 2.79 bits per heavy atom. The second-order valence-electron chi connectivity index (χ2n) is 4.90. The van der Waals surface area contributed by atoms with Crippen LogP contribution in [0.5, 0.6) is 0 Å². The summed E-state index contributed by atoms with van der Waals surface area (Å²) in [7, 11) is 0. The number of nitrogen functional groups attached to an aromatic ring is 1. The number of hydrogen-bond donors (Lipinski definition) is 1. The van der Waals surface area contributed by atoms with E-state index in [0.29, 0.717) is 24.0 Å². The molecule has 1 aromatic heterocycles. The molecule has 0 radical (unpaired) electrons. The molecule has 0 fully saturated rings. The van der Waals surface area contributed by atoms with Gasteiger partial charge in [0.15, 0.2) is 0 Å². The Kier molecular flexibility index (Phi) is 3.57. The standard InChI is InChI=1S/C14H19N3O2/c1-5-18-14(3,4)13-16-12(19-17-13)10-8-6-7-9(2)11(10)15/h6-8H,5,15H2,1-4H3. The third kappa shape index (κ3) is 2.61. The molecule has 2 aromatic rings. The Hall–Kier alpha value is -1.88. The normalized spacial score (nSPS) is 11.8. The fraction of sp³-hybridized carbons (Fsp3) is 0.429. The summed E-state index contributed by atoms with van der Waals surface area (Å²) in [4.78, 5) is 4.39. The van der Waals surface area contributed by atoms with E-state index >= 15 is 0 Å². The molecule has 0 aliphatic rings. The van der Waals surface area contributed by atoms with Gasteiger partial charge in [-0.1, -0.05) is 17.3 Å². The maximum Gasteiger partial charge on any atom is 0.260 e. The number of anilines is 1. The van der Waals surface area contributed by atoms with Crippen molar-refractivity contribution < 1.29 is 9.26 Å². The minimum absolute atomic E-state index is 0.420. The molecule has 0 unspecified atom stereocenters. The largest absolute Gasteiger partial charge is 0.398 e. The minimum Gasteiger partial charge on any atom is -0.398 e. The van der Waals surface area contributed by atoms with Crippen LogP contribution in [0.2, 0.25) is 0 Å². The molecule has 1 aromatic carbocycles. The van der Waals surface area contributed by atoms with Crippen molar-refractivity contribution in [1.29, 1.82) is 0 Å². The molecule has 0 bridgehead atoms. The van der Waals surface area contributed by atoms with E-state index in [2.05, 4.69) is 10.1 Å². The first kappa shape index (κ1) is 13.5. The molecule has 0 spiro atoms. The Morgan fingerprint density at radius 1 is 1.37 bits per heavy atom. The number of ether oxygens (including phenoxy) is 1. The number of rotatable bonds is 4. The van der Waals surface area contributed by atoms with Gasteiger partial charge in [0.2, 0.25) is 5.82 Å². The summed E-state index contributed by atoms with van der Waals surface area (Å²) in [6.45, 7) is 8.28. The van der Waals surface area contributed by atoms with Crippen LogP contribution in [0.1, 0.15) is 32.2 Å². The zero-order chi connectivity index (χ0) is 14.0. The van der Waals surface area contributed by atoms with Crippen LogP contribution in [0.4, 0.5) is 5.69 Å². The SMILES string of the molecule is CCOC(C)(C)c1noc(-c2cccc(C)c2N)n1. The highest BCUT2D eigenvalue weighted by Crippen LogP contribution is 2.29. The summed E-state index contributed by atoms with van der Waals surface area (Å²) in [5, 5.41) is 3.99. The first-order chi connectivity index (χ1) is 8.95. The second-order valence-corrected chi connectivity index (χ2v) is 4.90. The summed E-state index contributed by atoms with van der Waals surface area (Å²) in [6, 6.07) is 5.73. The molecule has 5 nitrogen and oxygen atoms in total. The van der Waals surface area contributed by atoms with E-state index < -0.39 is 5.60 Å². The van der Waals surface area contributed by atoms with Gasteiger partial charge >= 0.3 is 0 Å². The third-order valence-corrected chi connectivity index (χ3v) is 3.02. The lowest BCUT2D eigenvalue weighted by Crippen LogP contribution is -2.23. The maximum absolute atomic E-state index is 6.03.